The van der Waals surface area contributed by atoms with Gasteiger partial charge in [0.25, 0.3) is 0 Å². The predicted octanol–water partition coefficient (Wildman–Crippen LogP) is 2.39. The summed E-state index contributed by atoms with van der Waals surface area (Å²) in [5.74, 6) is 0.564. The Bertz CT molecular complexity index is 811. The van der Waals surface area contributed by atoms with Crippen molar-refractivity contribution in [2.45, 2.75) is 13.2 Å². The zero-order chi connectivity index (χ0) is 16.9. The molecule has 0 radical (unpaired) electrons. The maximum atomic E-state index is 12.7. The van der Waals surface area contributed by atoms with Gasteiger partial charge in [-0.1, -0.05) is 12.1 Å². The van der Waals surface area contributed by atoms with Crippen molar-refractivity contribution in [1.82, 2.24) is 25.2 Å². The number of hydrogen-bond donors (Lipinski definition) is 0. The van der Waals surface area contributed by atoms with Gasteiger partial charge in [0, 0.05) is 5.56 Å². The summed E-state index contributed by atoms with van der Waals surface area (Å²) in [6.45, 7) is -2.69. The Hall–Kier alpha value is -3.10. The zero-order valence-electron chi connectivity index (χ0n) is 12.6. The van der Waals surface area contributed by atoms with E-state index in [0.717, 1.165) is 0 Å². The number of ether oxygens (including phenoxy) is 2. The standard InChI is InChI=1S/C15H13F2N5O2/c1-23-12-4-2-3-10(7-12)14-13(24-15(16)17)6-5-11(20-14)8-22-19-9-18-21-22/h2-7,9,15H,8H2,1H3. The molecule has 0 spiro atoms. The Kier molecular flexibility index (Phi) is 4.59. The Morgan fingerprint density at radius 3 is 2.79 bits per heavy atom. The predicted molar refractivity (Wildman–Crippen MR) is 79.8 cm³/mol. The minimum Gasteiger partial charge on any atom is -0.497 e. The summed E-state index contributed by atoms with van der Waals surface area (Å²) < 4.78 is 35.1. The summed E-state index contributed by atoms with van der Waals surface area (Å²) in [7, 11) is 1.52. The molecule has 0 aliphatic heterocycles. The van der Waals surface area contributed by atoms with E-state index in [1.165, 1.54) is 24.3 Å². The van der Waals surface area contributed by atoms with Gasteiger partial charge in [-0.25, -0.2) is 4.98 Å². The molecule has 0 aliphatic carbocycles. The highest BCUT2D eigenvalue weighted by Gasteiger charge is 2.15. The average molecular weight is 333 g/mol. The van der Waals surface area contributed by atoms with E-state index in [1.807, 2.05) is 0 Å². The van der Waals surface area contributed by atoms with E-state index >= 15 is 0 Å². The third-order valence-electron chi connectivity index (χ3n) is 3.17. The molecule has 0 saturated heterocycles. The van der Waals surface area contributed by atoms with E-state index in [4.69, 9.17) is 4.74 Å². The second kappa shape index (κ2) is 6.99. The Balaban J connectivity index is 2.01. The summed E-state index contributed by atoms with van der Waals surface area (Å²) in [4.78, 5) is 5.74. The van der Waals surface area contributed by atoms with Crippen molar-refractivity contribution in [2.75, 3.05) is 7.11 Å². The van der Waals surface area contributed by atoms with Crippen molar-refractivity contribution in [3.05, 3.63) is 48.4 Å². The molecule has 2 heterocycles. The van der Waals surface area contributed by atoms with Crippen molar-refractivity contribution in [3.8, 4) is 22.8 Å². The molecule has 7 nitrogen and oxygen atoms in total. The number of benzene rings is 1. The lowest BCUT2D eigenvalue weighted by Crippen LogP contribution is -2.08. The number of hydrogen-bond acceptors (Lipinski definition) is 6. The van der Waals surface area contributed by atoms with Crippen molar-refractivity contribution in [2.24, 2.45) is 0 Å². The van der Waals surface area contributed by atoms with Gasteiger partial charge in [0.2, 0.25) is 0 Å². The van der Waals surface area contributed by atoms with E-state index in [2.05, 4.69) is 25.1 Å². The molecule has 24 heavy (non-hydrogen) atoms. The van der Waals surface area contributed by atoms with Gasteiger partial charge in [-0.3, -0.25) is 0 Å². The number of tetrazole rings is 1. The number of halogens is 2. The number of methoxy groups -OCH3 is 1. The third kappa shape index (κ3) is 3.62. The van der Waals surface area contributed by atoms with Crippen LogP contribution in [0.5, 0.6) is 11.5 Å². The molecule has 1 aromatic carbocycles. The fourth-order valence-electron chi connectivity index (χ4n) is 2.15. The van der Waals surface area contributed by atoms with Gasteiger partial charge in [0.05, 0.1) is 12.8 Å². The van der Waals surface area contributed by atoms with Gasteiger partial charge >= 0.3 is 6.61 Å². The number of alkyl halides is 2. The van der Waals surface area contributed by atoms with Gasteiger partial charge < -0.3 is 9.47 Å². The SMILES string of the molecule is COc1cccc(-c2nc(Cn3ncnn3)ccc2OC(F)F)c1. The summed E-state index contributed by atoms with van der Waals surface area (Å²) >= 11 is 0. The molecule has 3 aromatic rings. The summed E-state index contributed by atoms with van der Waals surface area (Å²) in [6, 6.07) is 9.94. The van der Waals surface area contributed by atoms with E-state index in [-0.39, 0.29) is 18.0 Å². The average Bonchev–Trinajstić information content (AvgIpc) is 3.09. The van der Waals surface area contributed by atoms with E-state index in [0.29, 0.717) is 17.0 Å². The second-order valence-corrected chi connectivity index (χ2v) is 4.73. The topological polar surface area (TPSA) is 75.0 Å². The normalized spacial score (nSPS) is 10.8. The molecule has 0 N–H and O–H groups in total. The Labute approximate surface area is 135 Å². The monoisotopic (exact) mass is 333 g/mol. The number of pyridine rings is 1. The van der Waals surface area contributed by atoms with E-state index in [9.17, 15) is 8.78 Å². The molecule has 2 aromatic heterocycles. The fraction of sp³-hybridized carbons (Fsp3) is 0.200. The van der Waals surface area contributed by atoms with Gasteiger partial charge in [0.1, 0.15) is 18.0 Å². The van der Waals surface area contributed by atoms with Crippen LogP contribution in [-0.4, -0.2) is 38.9 Å². The first kappa shape index (κ1) is 15.8. The lowest BCUT2D eigenvalue weighted by Gasteiger charge is -2.12. The number of nitrogens with zero attached hydrogens (tertiary/aromatic N) is 5. The fourth-order valence-corrected chi connectivity index (χ4v) is 2.15. The first-order valence-electron chi connectivity index (χ1n) is 6.95. The van der Waals surface area contributed by atoms with Crippen LogP contribution in [-0.2, 0) is 6.54 Å². The van der Waals surface area contributed by atoms with Crippen LogP contribution < -0.4 is 9.47 Å². The maximum absolute atomic E-state index is 12.7. The minimum absolute atomic E-state index is 0.0199. The minimum atomic E-state index is -2.95. The van der Waals surface area contributed by atoms with E-state index < -0.39 is 6.61 Å². The molecule has 0 fully saturated rings. The molecule has 0 bridgehead atoms. The molecular weight excluding hydrogens is 320 g/mol. The second-order valence-electron chi connectivity index (χ2n) is 4.73. The van der Waals surface area contributed by atoms with Gasteiger partial charge in [-0.15, -0.1) is 10.2 Å². The molecular formula is C15H13F2N5O2. The molecule has 0 saturated carbocycles. The maximum Gasteiger partial charge on any atom is 0.387 e. The highest BCUT2D eigenvalue weighted by atomic mass is 19.3. The first-order chi connectivity index (χ1) is 11.7. The van der Waals surface area contributed by atoms with Crippen LogP contribution in [0.3, 0.4) is 0 Å². The van der Waals surface area contributed by atoms with Crippen LogP contribution >= 0.6 is 0 Å². The van der Waals surface area contributed by atoms with Gasteiger partial charge in [-0.2, -0.15) is 13.6 Å². The Morgan fingerprint density at radius 2 is 2.08 bits per heavy atom. The number of aromatic nitrogens is 5. The van der Waals surface area contributed by atoms with E-state index in [1.54, 1.807) is 30.3 Å². The van der Waals surface area contributed by atoms with Crippen LogP contribution in [0.25, 0.3) is 11.3 Å². The molecule has 124 valence electrons. The van der Waals surface area contributed by atoms with Crippen LogP contribution in [0.1, 0.15) is 5.69 Å². The summed E-state index contributed by atoms with van der Waals surface area (Å²) in [6.07, 6.45) is 1.30. The van der Waals surface area contributed by atoms with Crippen LogP contribution in [0.2, 0.25) is 0 Å². The van der Waals surface area contributed by atoms with Crippen molar-refractivity contribution >= 4 is 0 Å². The van der Waals surface area contributed by atoms with Crippen molar-refractivity contribution in [1.29, 1.82) is 0 Å². The van der Waals surface area contributed by atoms with Crippen LogP contribution in [0.4, 0.5) is 8.78 Å². The summed E-state index contributed by atoms with van der Waals surface area (Å²) in [5, 5.41) is 11.3. The summed E-state index contributed by atoms with van der Waals surface area (Å²) in [5.41, 5.74) is 1.46. The molecule has 3 rings (SSSR count). The van der Waals surface area contributed by atoms with Crippen molar-refractivity contribution in [3.63, 3.8) is 0 Å². The van der Waals surface area contributed by atoms with Crippen LogP contribution in [0, 0.1) is 0 Å². The third-order valence-corrected chi connectivity index (χ3v) is 3.17. The van der Waals surface area contributed by atoms with Crippen molar-refractivity contribution < 1.29 is 18.3 Å². The molecule has 9 heteroatoms. The first-order valence-corrected chi connectivity index (χ1v) is 6.95. The quantitative estimate of drug-likeness (QED) is 0.689. The Morgan fingerprint density at radius 1 is 1.21 bits per heavy atom. The van der Waals surface area contributed by atoms with Crippen LogP contribution in [0.15, 0.2) is 42.7 Å². The van der Waals surface area contributed by atoms with Gasteiger partial charge in [-0.05, 0) is 29.5 Å². The molecule has 0 unspecified atom stereocenters. The zero-order valence-corrected chi connectivity index (χ0v) is 12.6. The largest absolute Gasteiger partial charge is 0.497 e. The van der Waals surface area contributed by atoms with Gasteiger partial charge in [0.15, 0.2) is 12.1 Å². The smallest absolute Gasteiger partial charge is 0.387 e. The highest BCUT2D eigenvalue weighted by Crippen LogP contribution is 2.31. The molecule has 0 atom stereocenters. The molecule has 0 amide bonds. The number of rotatable bonds is 6. The lowest BCUT2D eigenvalue weighted by molar-refractivity contribution is -0.0496. The highest BCUT2D eigenvalue weighted by molar-refractivity contribution is 5.67. The molecule has 0 aliphatic rings. The lowest BCUT2D eigenvalue weighted by atomic mass is 10.1.